The summed E-state index contributed by atoms with van der Waals surface area (Å²) in [4.78, 5) is 14.4. The fourth-order valence-corrected chi connectivity index (χ4v) is 10.7. The first-order chi connectivity index (χ1) is 18.4. The zero-order valence-electron chi connectivity index (χ0n) is 23.5. The summed E-state index contributed by atoms with van der Waals surface area (Å²) in [6.07, 6.45) is 13.2. The van der Waals surface area contributed by atoms with E-state index < -0.39 is 5.60 Å². The number of ketones is 1. The number of Topliss-reactive ketones (excluding diaryl/α,β-unsaturated/α-hetero) is 1. The minimum Gasteiger partial charge on any atom is -0.363 e. The van der Waals surface area contributed by atoms with Crippen LogP contribution < -0.4 is 0 Å². The number of carbonyl (C=O) groups is 1. The topological polar surface area (TPSA) is 26.3 Å². The third kappa shape index (κ3) is 3.38. The second kappa shape index (κ2) is 8.91. The number of benzene rings is 2. The van der Waals surface area contributed by atoms with E-state index in [1.165, 1.54) is 55.2 Å². The maximum absolute atomic E-state index is 14.4. The van der Waals surface area contributed by atoms with Gasteiger partial charge in [-0.05, 0) is 103 Å². The summed E-state index contributed by atoms with van der Waals surface area (Å²) in [6, 6.07) is 21.6. The SMILES string of the molecule is C[C@@H](CC=C(c1ccccc1)c1ccccc1)[C@H]1CC[C@H]2[C@@H]3CC[C@@H]4C[C@@H]5CC[C@]4(C)[C@@]3(O5)C(=O)C[C@]12C. The zero-order valence-corrected chi connectivity index (χ0v) is 23.5. The smallest absolute Gasteiger partial charge is 0.166 e. The Hall–Kier alpha value is -2.19. The lowest BCUT2D eigenvalue weighted by Crippen LogP contribution is -2.75. The first-order valence-electron chi connectivity index (χ1n) is 15.4. The Balaban J connectivity index is 1.17. The van der Waals surface area contributed by atoms with Gasteiger partial charge in [-0.25, -0.2) is 0 Å². The molecule has 2 saturated heterocycles. The van der Waals surface area contributed by atoms with Crippen LogP contribution in [0.3, 0.4) is 0 Å². The van der Waals surface area contributed by atoms with Crippen LogP contribution >= 0.6 is 0 Å². The van der Waals surface area contributed by atoms with E-state index in [1.54, 1.807) is 0 Å². The van der Waals surface area contributed by atoms with Gasteiger partial charge in [-0.2, -0.15) is 0 Å². The maximum Gasteiger partial charge on any atom is 0.166 e. The third-order valence-corrected chi connectivity index (χ3v) is 12.5. The number of hydrogen-bond donors (Lipinski definition) is 0. The Labute approximate surface area is 229 Å². The zero-order chi connectivity index (χ0) is 26.1. The van der Waals surface area contributed by atoms with Crippen molar-refractivity contribution in [3.8, 4) is 0 Å². The molecule has 2 aromatic carbocycles. The number of rotatable bonds is 5. The molecule has 0 radical (unpaired) electrons. The minimum atomic E-state index is -0.479. The van der Waals surface area contributed by atoms with Crippen LogP contribution in [0.1, 0.15) is 89.7 Å². The highest BCUT2D eigenvalue weighted by molar-refractivity contribution is 5.91. The molecular formula is C36H44O2. The van der Waals surface area contributed by atoms with E-state index in [1.807, 2.05) is 0 Å². The van der Waals surface area contributed by atoms with Gasteiger partial charge in [0.15, 0.2) is 5.78 Å². The van der Waals surface area contributed by atoms with Crippen LogP contribution in [0.5, 0.6) is 0 Å². The monoisotopic (exact) mass is 508 g/mol. The summed E-state index contributed by atoms with van der Waals surface area (Å²) in [6.45, 7) is 7.38. The van der Waals surface area contributed by atoms with Gasteiger partial charge in [0, 0.05) is 11.8 Å². The van der Waals surface area contributed by atoms with E-state index in [0.717, 1.165) is 19.3 Å². The fourth-order valence-electron chi connectivity index (χ4n) is 10.7. The van der Waals surface area contributed by atoms with Crippen molar-refractivity contribution in [2.75, 3.05) is 0 Å². The summed E-state index contributed by atoms with van der Waals surface area (Å²) in [7, 11) is 0. The highest BCUT2D eigenvalue weighted by Crippen LogP contribution is 2.72. The lowest BCUT2D eigenvalue weighted by Gasteiger charge is -2.70. The van der Waals surface area contributed by atoms with Crippen LogP contribution in [0.4, 0.5) is 0 Å². The molecule has 4 bridgehead atoms. The minimum absolute atomic E-state index is 0.0653. The van der Waals surface area contributed by atoms with Crippen molar-refractivity contribution in [1.29, 1.82) is 0 Å². The van der Waals surface area contributed by atoms with Gasteiger partial charge >= 0.3 is 0 Å². The van der Waals surface area contributed by atoms with Crippen molar-refractivity contribution in [2.24, 2.45) is 40.4 Å². The molecule has 2 aromatic rings. The van der Waals surface area contributed by atoms with Crippen molar-refractivity contribution in [3.63, 3.8) is 0 Å². The molecule has 6 aliphatic rings. The normalized spacial score (nSPS) is 41.8. The summed E-state index contributed by atoms with van der Waals surface area (Å²) < 4.78 is 6.93. The van der Waals surface area contributed by atoms with Gasteiger partial charge in [-0.15, -0.1) is 0 Å². The quantitative estimate of drug-likeness (QED) is 0.405. The number of ether oxygens (including phenoxy) is 1. The van der Waals surface area contributed by atoms with Gasteiger partial charge in [0.1, 0.15) is 5.60 Å². The van der Waals surface area contributed by atoms with E-state index in [2.05, 4.69) is 87.5 Å². The fraction of sp³-hybridized carbons (Fsp3) is 0.583. The molecule has 0 aromatic heterocycles. The molecular weight excluding hydrogens is 464 g/mol. The van der Waals surface area contributed by atoms with Gasteiger partial charge in [-0.1, -0.05) is 87.5 Å². The van der Waals surface area contributed by atoms with Gasteiger partial charge in [0.25, 0.3) is 0 Å². The van der Waals surface area contributed by atoms with Crippen LogP contribution in [-0.4, -0.2) is 17.5 Å². The van der Waals surface area contributed by atoms with Crippen molar-refractivity contribution in [3.05, 3.63) is 77.9 Å². The van der Waals surface area contributed by atoms with Crippen molar-refractivity contribution < 1.29 is 9.53 Å². The molecule has 200 valence electrons. The molecule has 2 nitrogen and oxygen atoms in total. The largest absolute Gasteiger partial charge is 0.363 e. The van der Waals surface area contributed by atoms with Gasteiger partial charge < -0.3 is 4.74 Å². The first kappa shape index (κ1) is 24.8. The highest BCUT2D eigenvalue weighted by atomic mass is 16.5. The van der Waals surface area contributed by atoms with Crippen molar-refractivity contribution in [1.82, 2.24) is 0 Å². The predicted octanol–water partition coefficient (Wildman–Crippen LogP) is 8.50. The second-order valence-electron chi connectivity index (χ2n) is 14.0. The van der Waals surface area contributed by atoms with Crippen molar-refractivity contribution >= 4 is 11.4 Å². The summed E-state index contributed by atoms with van der Waals surface area (Å²) in [5.41, 5.74) is 3.58. The first-order valence-corrected chi connectivity index (χ1v) is 15.4. The number of hydrogen-bond acceptors (Lipinski definition) is 2. The van der Waals surface area contributed by atoms with Crippen molar-refractivity contribution in [2.45, 2.75) is 90.3 Å². The lowest BCUT2D eigenvalue weighted by atomic mass is 9.40. The second-order valence-corrected chi connectivity index (χ2v) is 14.0. The van der Waals surface area contributed by atoms with Crippen LogP contribution in [-0.2, 0) is 9.53 Å². The molecule has 4 aliphatic carbocycles. The average Bonchev–Trinajstić information content (AvgIpc) is 3.26. The van der Waals surface area contributed by atoms with E-state index >= 15 is 0 Å². The standard InChI is InChI=1S/C36H44O2/c1-24(14-16-29(25-10-6-4-7-11-25)26-12-8-5-9-13-26)30-18-19-31-32-17-15-27-22-28-20-21-35(27,3)36(32,38-28)33(37)23-34(30,31)2/h4-13,16,24,27-28,30-32H,14-15,17-23H2,1-3H3/t24-,27+,28-,30+,31-,32-,34+,35-,36-/m0/s1. The summed E-state index contributed by atoms with van der Waals surface area (Å²) in [5, 5.41) is 0. The van der Waals surface area contributed by atoms with Crippen LogP contribution in [0, 0.1) is 40.4 Å². The molecule has 2 aliphatic heterocycles. The molecule has 2 heteroatoms. The molecule has 9 atom stereocenters. The Morgan fingerprint density at radius 3 is 2.26 bits per heavy atom. The number of fused-ring (bicyclic) bond motifs is 3. The summed E-state index contributed by atoms with van der Waals surface area (Å²) >= 11 is 0. The summed E-state index contributed by atoms with van der Waals surface area (Å²) in [5.74, 6) is 3.34. The van der Waals surface area contributed by atoms with Gasteiger partial charge in [0.05, 0.1) is 6.10 Å². The molecule has 0 unspecified atom stereocenters. The van der Waals surface area contributed by atoms with Crippen LogP contribution in [0.25, 0.3) is 5.57 Å². The Morgan fingerprint density at radius 2 is 1.58 bits per heavy atom. The molecule has 6 fully saturated rings. The predicted molar refractivity (Wildman–Crippen MR) is 153 cm³/mol. The van der Waals surface area contributed by atoms with E-state index in [9.17, 15) is 4.79 Å². The number of allylic oxidation sites excluding steroid dienone is 1. The molecule has 0 N–H and O–H groups in total. The van der Waals surface area contributed by atoms with Crippen LogP contribution in [0.15, 0.2) is 66.7 Å². The Bertz CT molecular complexity index is 1190. The van der Waals surface area contributed by atoms with Gasteiger partial charge in [0.2, 0.25) is 0 Å². The molecule has 38 heavy (non-hydrogen) atoms. The Kier molecular flexibility index (Phi) is 5.82. The average molecular weight is 509 g/mol. The van der Waals surface area contributed by atoms with Crippen LogP contribution in [0.2, 0.25) is 0 Å². The molecule has 1 spiro atoms. The Morgan fingerprint density at radius 1 is 0.921 bits per heavy atom. The third-order valence-electron chi connectivity index (χ3n) is 12.5. The number of carbonyl (C=O) groups excluding carboxylic acids is 1. The highest BCUT2D eigenvalue weighted by Gasteiger charge is 2.74. The molecule has 8 rings (SSSR count). The molecule has 4 saturated carbocycles. The van der Waals surface area contributed by atoms with Gasteiger partial charge in [-0.3, -0.25) is 4.79 Å². The molecule has 0 amide bonds. The maximum atomic E-state index is 14.4. The lowest BCUT2D eigenvalue weighted by molar-refractivity contribution is -0.307. The van der Waals surface area contributed by atoms with E-state index in [0.29, 0.717) is 41.5 Å². The van der Waals surface area contributed by atoms with E-state index in [4.69, 9.17) is 4.74 Å². The van der Waals surface area contributed by atoms with E-state index in [-0.39, 0.29) is 10.8 Å². The molecule has 2 heterocycles.